The van der Waals surface area contributed by atoms with E-state index in [2.05, 4.69) is 35.1 Å². The molecule has 0 bridgehead atoms. The number of aromatic carboxylic acids is 1. The van der Waals surface area contributed by atoms with E-state index in [1.807, 2.05) is 32.0 Å². The second-order valence-corrected chi connectivity index (χ2v) is 9.60. The summed E-state index contributed by atoms with van der Waals surface area (Å²) in [7, 11) is 0. The predicted octanol–water partition coefficient (Wildman–Crippen LogP) is 5.31. The van der Waals surface area contributed by atoms with Crippen molar-refractivity contribution in [3.63, 3.8) is 0 Å². The number of hydrogen-bond acceptors (Lipinski definition) is 6. The van der Waals surface area contributed by atoms with Crippen LogP contribution in [0.3, 0.4) is 0 Å². The quantitative estimate of drug-likeness (QED) is 0.551. The van der Waals surface area contributed by atoms with Gasteiger partial charge in [-0.2, -0.15) is 5.26 Å². The van der Waals surface area contributed by atoms with Crippen molar-refractivity contribution in [2.75, 3.05) is 23.3 Å². The standard InChI is InChI=1S/C26H29N5O2/c1-16-13-19(17(2)28-20-8-6-5-7-18(20)25(32)33)23-21(14-16)29-22(15-27)24(30-23)31-11-9-26(3,4)10-12-31/h5-8,13-14,17,28H,9-12H2,1-4H3,(H,32,33). The lowest BCUT2D eigenvalue weighted by Gasteiger charge is -2.37. The van der Waals surface area contributed by atoms with Crippen LogP contribution in [0.2, 0.25) is 0 Å². The molecule has 2 aromatic carbocycles. The first-order valence-corrected chi connectivity index (χ1v) is 11.2. The van der Waals surface area contributed by atoms with Crippen molar-refractivity contribution in [1.82, 2.24) is 9.97 Å². The lowest BCUT2D eigenvalue weighted by molar-refractivity contribution is 0.0698. The van der Waals surface area contributed by atoms with Crippen molar-refractivity contribution in [3.8, 4) is 6.07 Å². The zero-order valence-corrected chi connectivity index (χ0v) is 19.5. The number of nitriles is 1. The summed E-state index contributed by atoms with van der Waals surface area (Å²) in [6.45, 7) is 10.2. The number of carboxylic acid groups (broad SMARTS) is 1. The van der Waals surface area contributed by atoms with Gasteiger partial charge in [0.1, 0.15) is 6.07 Å². The maximum atomic E-state index is 11.6. The molecule has 1 unspecified atom stereocenters. The van der Waals surface area contributed by atoms with Crippen molar-refractivity contribution >= 4 is 28.5 Å². The van der Waals surface area contributed by atoms with Crippen molar-refractivity contribution in [3.05, 3.63) is 58.8 Å². The maximum Gasteiger partial charge on any atom is 0.337 e. The van der Waals surface area contributed by atoms with Crippen LogP contribution in [0.15, 0.2) is 36.4 Å². The number of aromatic nitrogens is 2. The molecule has 1 aromatic heterocycles. The fourth-order valence-corrected chi connectivity index (χ4v) is 4.38. The molecule has 2 heterocycles. The number of hydrogen-bond donors (Lipinski definition) is 2. The highest BCUT2D eigenvalue weighted by Gasteiger charge is 2.28. The Labute approximate surface area is 194 Å². The number of fused-ring (bicyclic) bond motifs is 1. The fourth-order valence-electron chi connectivity index (χ4n) is 4.38. The normalized spacial score (nSPS) is 16.3. The Morgan fingerprint density at radius 2 is 1.91 bits per heavy atom. The van der Waals surface area contributed by atoms with Gasteiger partial charge in [0.15, 0.2) is 11.5 Å². The molecular weight excluding hydrogens is 414 g/mol. The number of nitrogens with one attached hydrogen (secondary N) is 1. The molecule has 0 aliphatic carbocycles. The summed E-state index contributed by atoms with van der Waals surface area (Å²) in [5, 5.41) is 22.7. The molecule has 0 saturated carbocycles. The summed E-state index contributed by atoms with van der Waals surface area (Å²) in [6.07, 6.45) is 2.06. The highest BCUT2D eigenvalue weighted by atomic mass is 16.4. The molecule has 1 aliphatic heterocycles. The molecule has 1 aliphatic rings. The van der Waals surface area contributed by atoms with Crippen LogP contribution in [-0.4, -0.2) is 34.1 Å². The van der Waals surface area contributed by atoms with E-state index in [1.54, 1.807) is 18.2 Å². The number of anilines is 2. The second kappa shape index (κ2) is 8.70. The van der Waals surface area contributed by atoms with Crippen molar-refractivity contribution < 1.29 is 9.90 Å². The SMILES string of the molecule is Cc1cc(C(C)Nc2ccccc2C(=O)O)c2nc(N3CCC(C)(C)CC3)c(C#N)nc2c1. The summed E-state index contributed by atoms with van der Waals surface area (Å²) >= 11 is 0. The largest absolute Gasteiger partial charge is 0.478 e. The molecule has 33 heavy (non-hydrogen) atoms. The second-order valence-electron chi connectivity index (χ2n) is 9.60. The number of aryl methyl sites for hydroxylation is 1. The number of carboxylic acids is 1. The van der Waals surface area contributed by atoms with Gasteiger partial charge in [-0.25, -0.2) is 14.8 Å². The van der Waals surface area contributed by atoms with Crippen LogP contribution >= 0.6 is 0 Å². The molecule has 4 rings (SSSR count). The molecule has 0 amide bonds. The van der Waals surface area contributed by atoms with Crippen molar-refractivity contribution in [1.29, 1.82) is 5.26 Å². The lowest BCUT2D eigenvalue weighted by Crippen LogP contribution is -2.38. The van der Waals surface area contributed by atoms with Crippen molar-refractivity contribution in [2.24, 2.45) is 5.41 Å². The minimum absolute atomic E-state index is 0.218. The summed E-state index contributed by atoms with van der Waals surface area (Å²) in [5.41, 5.74) is 4.71. The van der Waals surface area contributed by atoms with Crippen LogP contribution in [0.5, 0.6) is 0 Å². The smallest absolute Gasteiger partial charge is 0.337 e. The molecule has 0 spiro atoms. The molecule has 1 atom stereocenters. The molecule has 7 nitrogen and oxygen atoms in total. The van der Waals surface area contributed by atoms with Crippen molar-refractivity contribution in [2.45, 2.75) is 46.6 Å². The molecular formula is C26H29N5O2. The minimum atomic E-state index is -0.979. The topological polar surface area (TPSA) is 102 Å². The van der Waals surface area contributed by atoms with E-state index in [4.69, 9.17) is 4.98 Å². The van der Waals surface area contributed by atoms with Gasteiger partial charge in [-0.05, 0) is 55.9 Å². The summed E-state index contributed by atoms with van der Waals surface area (Å²) < 4.78 is 0. The lowest BCUT2D eigenvalue weighted by atomic mass is 9.82. The number of rotatable bonds is 5. The Hall–Kier alpha value is -3.66. The zero-order valence-electron chi connectivity index (χ0n) is 19.5. The van der Waals surface area contributed by atoms with Gasteiger partial charge in [-0.3, -0.25) is 0 Å². The summed E-state index contributed by atoms with van der Waals surface area (Å²) in [5.74, 6) is -0.350. The van der Waals surface area contributed by atoms with E-state index in [1.165, 1.54) is 0 Å². The summed E-state index contributed by atoms with van der Waals surface area (Å²) in [4.78, 5) is 23.4. The molecule has 0 radical (unpaired) electrons. The molecule has 2 N–H and O–H groups in total. The monoisotopic (exact) mass is 443 g/mol. The first kappa shape index (κ1) is 22.5. The first-order chi connectivity index (χ1) is 15.7. The van der Waals surface area contributed by atoms with E-state index >= 15 is 0 Å². The van der Waals surface area contributed by atoms with E-state index in [-0.39, 0.29) is 17.0 Å². The fraction of sp³-hybridized carbons (Fsp3) is 0.385. The number of carbonyl (C=O) groups is 1. The molecule has 170 valence electrons. The van der Waals surface area contributed by atoms with Gasteiger partial charge in [-0.15, -0.1) is 0 Å². The Morgan fingerprint density at radius 1 is 1.21 bits per heavy atom. The molecule has 1 fully saturated rings. The zero-order chi connectivity index (χ0) is 23.8. The third-order valence-electron chi connectivity index (χ3n) is 6.44. The highest BCUT2D eigenvalue weighted by Crippen LogP contribution is 2.34. The average molecular weight is 444 g/mol. The number of piperidine rings is 1. The van der Waals surface area contributed by atoms with Gasteiger partial charge in [0.2, 0.25) is 0 Å². The number of nitrogens with zero attached hydrogens (tertiary/aromatic N) is 4. The molecule has 7 heteroatoms. The van der Waals surface area contributed by atoms with Crippen LogP contribution in [0.25, 0.3) is 11.0 Å². The molecule has 3 aromatic rings. The van der Waals surface area contributed by atoms with Gasteiger partial charge in [0.25, 0.3) is 0 Å². The maximum absolute atomic E-state index is 11.6. The summed E-state index contributed by atoms with van der Waals surface area (Å²) in [6, 6.07) is 12.9. The third-order valence-corrected chi connectivity index (χ3v) is 6.44. The average Bonchev–Trinajstić information content (AvgIpc) is 2.78. The third kappa shape index (κ3) is 4.61. The Balaban J connectivity index is 1.77. The highest BCUT2D eigenvalue weighted by molar-refractivity contribution is 5.94. The van der Waals surface area contributed by atoms with Crippen LogP contribution in [0.1, 0.15) is 66.8 Å². The van der Waals surface area contributed by atoms with E-state index in [0.29, 0.717) is 22.7 Å². The van der Waals surface area contributed by atoms with Crippen LogP contribution in [0.4, 0.5) is 11.5 Å². The Kier molecular flexibility index (Phi) is 5.94. The van der Waals surface area contributed by atoms with E-state index in [0.717, 1.165) is 42.6 Å². The Morgan fingerprint density at radius 3 is 2.58 bits per heavy atom. The van der Waals surface area contributed by atoms with E-state index in [9.17, 15) is 15.2 Å². The van der Waals surface area contributed by atoms with Crippen LogP contribution < -0.4 is 10.2 Å². The van der Waals surface area contributed by atoms with Gasteiger partial charge in [0, 0.05) is 24.3 Å². The number of benzene rings is 2. The van der Waals surface area contributed by atoms with Gasteiger partial charge in [-0.1, -0.05) is 32.0 Å². The van der Waals surface area contributed by atoms with E-state index < -0.39 is 5.97 Å². The van der Waals surface area contributed by atoms with Crippen LogP contribution in [0, 0.1) is 23.7 Å². The van der Waals surface area contributed by atoms with Gasteiger partial charge in [0.05, 0.1) is 22.6 Å². The van der Waals surface area contributed by atoms with Gasteiger partial charge < -0.3 is 15.3 Å². The predicted molar refractivity (Wildman–Crippen MR) is 130 cm³/mol. The first-order valence-electron chi connectivity index (χ1n) is 11.2. The molecule has 1 saturated heterocycles. The van der Waals surface area contributed by atoms with Crippen LogP contribution in [-0.2, 0) is 0 Å². The Bertz CT molecular complexity index is 1250. The number of para-hydroxylation sites is 1. The van der Waals surface area contributed by atoms with Gasteiger partial charge >= 0.3 is 5.97 Å². The minimum Gasteiger partial charge on any atom is -0.478 e.